The Morgan fingerprint density at radius 1 is 1.27 bits per heavy atom. The molecule has 1 N–H and O–H groups in total. The molecule has 1 unspecified atom stereocenters. The molecule has 0 amide bonds. The molecule has 4 rings (SSSR count). The second-order valence-electron chi connectivity index (χ2n) is 7.24. The fourth-order valence-electron chi connectivity index (χ4n) is 3.75. The number of phenols is 1. The third-order valence-corrected chi connectivity index (χ3v) is 5.08. The van der Waals surface area contributed by atoms with Gasteiger partial charge in [-0.05, 0) is 38.3 Å². The van der Waals surface area contributed by atoms with Crippen molar-refractivity contribution in [2.45, 2.75) is 26.8 Å². The van der Waals surface area contributed by atoms with E-state index in [2.05, 4.69) is 20.9 Å². The van der Waals surface area contributed by atoms with Crippen molar-refractivity contribution in [3.63, 3.8) is 0 Å². The van der Waals surface area contributed by atoms with Crippen LogP contribution in [0.25, 0.3) is 11.3 Å². The van der Waals surface area contributed by atoms with E-state index in [0.717, 1.165) is 67.5 Å². The van der Waals surface area contributed by atoms with E-state index in [1.165, 1.54) is 0 Å². The lowest BCUT2D eigenvalue weighted by atomic mass is 10.0. The number of nitrogens with zero attached hydrogens (tertiary/aromatic N) is 3. The summed E-state index contributed by atoms with van der Waals surface area (Å²) < 4.78 is 11.4. The number of phenolic OH excluding ortho intramolecular Hbond substituents is 1. The fraction of sp³-hybridized carbons (Fsp3) is 0.500. The fourth-order valence-corrected chi connectivity index (χ4v) is 3.75. The molecule has 1 aromatic carbocycles. The van der Waals surface area contributed by atoms with Crippen molar-refractivity contribution in [2.75, 3.05) is 32.9 Å². The molecule has 26 heavy (non-hydrogen) atoms. The van der Waals surface area contributed by atoms with Gasteiger partial charge in [0.15, 0.2) is 11.5 Å². The van der Waals surface area contributed by atoms with Gasteiger partial charge in [-0.1, -0.05) is 0 Å². The second kappa shape index (κ2) is 7.21. The second-order valence-corrected chi connectivity index (χ2v) is 7.24. The number of benzene rings is 1. The minimum absolute atomic E-state index is 0.172. The van der Waals surface area contributed by atoms with Crippen LogP contribution in [-0.4, -0.2) is 52.9 Å². The van der Waals surface area contributed by atoms with E-state index in [4.69, 9.17) is 9.47 Å². The first-order valence-electron chi connectivity index (χ1n) is 9.19. The Labute approximate surface area is 153 Å². The molecule has 138 valence electrons. The first kappa shape index (κ1) is 17.2. The van der Waals surface area contributed by atoms with Crippen LogP contribution >= 0.6 is 0 Å². The number of rotatable bonds is 3. The van der Waals surface area contributed by atoms with Crippen LogP contribution in [0.5, 0.6) is 11.5 Å². The SMILES string of the molecule is Cc1cnc(C)c(-c2cc(O)c3c(c2)CN(CC2CCOC2)CCO3)n1. The quantitative estimate of drug-likeness (QED) is 0.913. The van der Waals surface area contributed by atoms with E-state index in [1.54, 1.807) is 12.3 Å². The summed E-state index contributed by atoms with van der Waals surface area (Å²) in [5.74, 6) is 1.35. The molecule has 0 radical (unpaired) electrons. The van der Waals surface area contributed by atoms with Gasteiger partial charge in [0.1, 0.15) is 6.61 Å². The zero-order valence-electron chi connectivity index (χ0n) is 15.4. The zero-order valence-corrected chi connectivity index (χ0v) is 15.4. The van der Waals surface area contributed by atoms with Gasteiger partial charge in [0.25, 0.3) is 0 Å². The van der Waals surface area contributed by atoms with E-state index in [1.807, 2.05) is 13.8 Å². The molecule has 1 atom stereocenters. The number of aryl methyl sites for hydroxylation is 2. The predicted octanol–water partition coefficient (Wildman–Crippen LogP) is 2.70. The first-order valence-corrected chi connectivity index (χ1v) is 9.19. The van der Waals surface area contributed by atoms with Crippen molar-refractivity contribution in [1.29, 1.82) is 0 Å². The summed E-state index contributed by atoms with van der Waals surface area (Å²) in [4.78, 5) is 11.4. The smallest absolute Gasteiger partial charge is 0.165 e. The highest BCUT2D eigenvalue weighted by atomic mass is 16.5. The monoisotopic (exact) mass is 355 g/mol. The number of fused-ring (bicyclic) bond motifs is 1. The molecule has 2 aromatic rings. The molecule has 6 heteroatoms. The van der Waals surface area contributed by atoms with Crippen LogP contribution < -0.4 is 4.74 Å². The van der Waals surface area contributed by atoms with E-state index >= 15 is 0 Å². The van der Waals surface area contributed by atoms with Gasteiger partial charge in [-0.25, -0.2) is 4.98 Å². The minimum Gasteiger partial charge on any atom is -0.504 e. The number of hydrogen-bond donors (Lipinski definition) is 1. The minimum atomic E-state index is 0.172. The summed E-state index contributed by atoms with van der Waals surface area (Å²) in [5, 5.41) is 10.5. The maximum atomic E-state index is 10.5. The van der Waals surface area contributed by atoms with Crippen molar-refractivity contribution in [3.05, 3.63) is 35.3 Å². The molecule has 6 nitrogen and oxygen atoms in total. The molecule has 0 saturated carbocycles. The van der Waals surface area contributed by atoms with Gasteiger partial charge in [0.2, 0.25) is 0 Å². The number of aromatic nitrogens is 2. The lowest BCUT2D eigenvalue weighted by Crippen LogP contribution is -2.31. The lowest BCUT2D eigenvalue weighted by molar-refractivity contribution is 0.159. The highest BCUT2D eigenvalue weighted by molar-refractivity contribution is 5.67. The Morgan fingerprint density at radius 2 is 2.15 bits per heavy atom. The topological polar surface area (TPSA) is 67.7 Å². The Kier molecular flexibility index (Phi) is 4.78. The van der Waals surface area contributed by atoms with Crippen molar-refractivity contribution in [3.8, 4) is 22.8 Å². The van der Waals surface area contributed by atoms with E-state index in [0.29, 0.717) is 18.3 Å². The third-order valence-electron chi connectivity index (χ3n) is 5.08. The van der Waals surface area contributed by atoms with Gasteiger partial charge < -0.3 is 14.6 Å². The van der Waals surface area contributed by atoms with Gasteiger partial charge in [0.05, 0.1) is 23.7 Å². The number of ether oxygens (including phenoxy) is 2. The summed E-state index contributed by atoms with van der Waals surface area (Å²) >= 11 is 0. The van der Waals surface area contributed by atoms with E-state index < -0.39 is 0 Å². The zero-order chi connectivity index (χ0) is 18.1. The molecular weight excluding hydrogens is 330 g/mol. The molecule has 0 bridgehead atoms. The lowest BCUT2D eigenvalue weighted by Gasteiger charge is -2.22. The Balaban J connectivity index is 1.65. The van der Waals surface area contributed by atoms with Gasteiger partial charge >= 0.3 is 0 Å². The molecule has 1 fully saturated rings. The molecule has 1 saturated heterocycles. The maximum absolute atomic E-state index is 10.5. The summed E-state index contributed by atoms with van der Waals surface area (Å²) in [5.41, 5.74) is 4.40. The van der Waals surface area contributed by atoms with Crippen molar-refractivity contribution < 1.29 is 14.6 Å². The van der Waals surface area contributed by atoms with Crippen LogP contribution in [0.4, 0.5) is 0 Å². The summed E-state index contributed by atoms with van der Waals surface area (Å²) in [6, 6.07) is 3.81. The molecule has 2 aliphatic heterocycles. The normalized spacial score (nSPS) is 20.5. The van der Waals surface area contributed by atoms with Crippen molar-refractivity contribution in [1.82, 2.24) is 14.9 Å². The number of hydrogen-bond acceptors (Lipinski definition) is 6. The Bertz CT molecular complexity index is 803. The largest absolute Gasteiger partial charge is 0.504 e. The van der Waals surface area contributed by atoms with Gasteiger partial charge in [-0.3, -0.25) is 9.88 Å². The van der Waals surface area contributed by atoms with Crippen LogP contribution in [0.1, 0.15) is 23.4 Å². The van der Waals surface area contributed by atoms with E-state index in [9.17, 15) is 5.11 Å². The molecule has 0 aliphatic carbocycles. The maximum Gasteiger partial charge on any atom is 0.165 e. The number of aromatic hydroxyl groups is 1. The molecular formula is C20H25N3O3. The molecule has 0 spiro atoms. The summed E-state index contributed by atoms with van der Waals surface area (Å²) in [6.07, 6.45) is 2.88. The van der Waals surface area contributed by atoms with Crippen LogP contribution in [0.2, 0.25) is 0 Å². The Morgan fingerprint density at radius 3 is 2.96 bits per heavy atom. The van der Waals surface area contributed by atoms with Crippen molar-refractivity contribution in [2.24, 2.45) is 5.92 Å². The molecule has 2 aliphatic rings. The van der Waals surface area contributed by atoms with Crippen LogP contribution in [0.3, 0.4) is 0 Å². The molecule has 3 heterocycles. The third kappa shape index (κ3) is 3.52. The van der Waals surface area contributed by atoms with Gasteiger partial charge in [-0.15, -0.1) is 0 Å². The Hall–Kier alpha value is -2.18. The van der Waals surface area contributed by atoms with Crippen LogP contribution in [0, 0.1) is 19.8 Å². The summed E-state index contributed by atoms with van der Waals surface area (Å²) in [7, 11) is 0. The highest BCUT2D eigenvalue weighted by Gasteiger charge is 2.24. The standard InChI is InChI=1S/C20H25N3O3/c1-13-9-21-14(2)19(22-13)16-7-17-11-23(10-15-3-5-25-12-15)4-6-26-20(17)18(24)8-16/h7-9,15,24H,3-6,10-12H2,1-2H3. The van der Waals surface area contributed by atoms with Crippen molar-refractivity contribution >= 4 is 0 Å². The average Bonchev–Trinajstić information content (AvgIpc) is 3.03. The van der Waals surface area contributed by atoms with Gasteiger partial charge in [-0.2, -0.15) is 0 Å². The predicted molar refractivity (Wildman–Crippen MR) is 98.3 cm³/mol. The first-order chi connectivity index (χ1) is 12.6. The highest BCUT2D eigenvalue weighted by Crippen LogP contribution is 2.38. The van der Waals surface area contributed by atoms with Crippen LogP contribution in [0.15, 0.2) is 18.3 Å². The van der Waals surface area contributed by atoms with Crippen LogP contribution in [-0.2, 0) is 11.3 Å². The molecule has 1 aromatic heterocycles. The average molecular weight is 355 g/mol. The van der Waals surface area contributed by atoms with E-state index in [-0.39, 0.29) is 5.75 Å². The van der Waals surface area contributed by atoms with Gasteiger partial charge in [0, 0.05) is 43.6 Å². The summed E-state index contributed by atoms with van der Waals surface area (Å²) in [6.45, 7) is 8.75.